The zero-order chi connectivity index (χ0) is 22.8. The van der Waals surface area contributed by atoms with Crippen LogP contribution in [0.1, 0.15) is 42.4 Å². The molecular weight excluding hydrogens is 407 g/mol. The van der Waals surface area contributed by atoms with Gasteiger partial charge in [-0.3, -0.25) is 9.48 Å². The largest absolute Gasteiger partial charge is 0.347 e. The first-order chi connectivity index (χ1) is 15.3. The van der Waals surface area contributed by atoms with Gasteiger partial charge in [-0.2, -0.15) is 5.10 Å². The third-order valence-corrected chi connectivity index (χ3v) is 5.87. The minimum atomic E-state index is -0.314. The first-order valence-corrected chi connectivity index (χ1v) is 10.9. The van der Waals surface area contributed by atoms with E-state index in [0.29, 0.717) is 18.1 Å². The van der Waals surface area contributed by atoms with E-state index in [1.807, 2.05) is 49.9 Å². The number of carbonyl (C=O) groups excluding carboxylic acids is 1. The van der Waals surface area contributed by atoms with E-state index in [-0.39, 0.29) is 24.3 Å². The van der Waals surface area contributed by atoms with Crippen molar-refractivity contribution in [2.45, 2.75) is 45.7 Å². The molecule has 3 aromatic rings. The molecule has 0 saturated carbocycles. The van der Waals surface area contributed by atoms with E-state index in [2.05, 4.69) is 10.1 Å². The van der Waals surface area contributed by atoms with Crippen LogP contribution in [-0.2, 0) is 11.3 Å². The van der Waals surface area contributed by atoms with E-state index >= 15 is 0 Å². The number of anilines is 1. The zero-order valence-corrected chi connectivity index (χ0v) is 19.0. The molecule has 32 heavy (non-hydrogen) atoms. The lowest BCUT2D eigenvalue weighted by Crippen LogP contribution is -2.41. The number of aromatic nitrogens is 4. The van der Waals surface area contributed by atoms with Crippen LogP contribution in [0.25, 0.3) is 11.1 Å². The summed E-state index contributed by atoms with van der Waals surface area (Å²) >= 11 is 0. The number of rotatable bonds is 5. The van der Waals surface area contributed by atoms with E-state index in [4.69, 9.17) is 4.98 Å². The van der Waals surface area contributed by atoms with Crippen molar-refractivity contribution >= 4 is 11.9 Å². The fourth-order valence-electron chi connectivity index (χ4n) is 4.30. The first kappa shape index (κ1) is 21.9. The normalized spacial score (nSPS) is 16.3. The second-order valence-electron chi connectivity index (χ2n) is 8.56. The minimum Gasteiger partial charge on any atom is -0.347 e. The lowest BCUT2D eigenvalue weighted by Gasteiger charge is -2.36. The van der Waals surface area contributed by atoms with Crippen LogP contribution in [0.2, 0.25) is 0 Å². The van der Waals surface area contributed by atoms with Crippen LogP contribution < -0.4 is 4.90 Å². The monoisotopic (exact) mass is 436 g/mol. The Bertz CT molecular complexity index is 1130. The van der Waals surface area contributed by atoms with Gasteiger partial charge in [-0.05, 0) is 56.9 Å². The summed E-state index contributed by atoms with van der Waals surface area (Å²) < 4.78 is 15.8. The van der Waals surface area contributed by atoms with Gasteiger partial charge in [0.1, 0.15) is 12.4 Å². The number of halogens is 1. The summed E-state index contributed by atoms with van der Waals surface area (Å²) in [5.41, 5.74) is 4.08. The average molecular weight is 437 g/mol. The highest BCUT2D eigenvalue weighted by Crippen LogP contribution is 2.36. The quantitative estimate of drug-likeness (QED) is 0.607. The third kappa shape index (κ3) is 4.49. The van der Waals surface area contributed by atoms with Gasteiger partial charge in [-0.25, -0.2) is 14.4 Å². The fraction of sp³-hybridized carbons (Fsp3) is 0.417. The molecule has 168 valence electrons. The Morgan fingerprint density at radius 1 is 1.22 bits per heavy atom. The molecular formula is C24H29FN6O. The number of hydrogen-bond acceptors (Lipinski definition) is 5. The van der Waals surface area contributed by atoms with Gasteiger partial charge < -0.3 is 9.80 Å². The number of benzene rings is 1. The molecule has 4 rings (SSSR count). The van der Waals surface area contributed by atoms with Crippen LogP contribution in [0.15, 0.2) is 36.5 Å². The molecule has 0 radical (unpaired) electrons. The molecule has 1 fully saturated rings. The van der Waals surface area contributed by atoms with Crippen molar-refractivity contribution in [3.05, 3.63) is 59.4 Å². The van der Waals surface area contributed by atoms with Crippen molar-refractivity contribution < 1.29 is 9.18 Å². The van der Waals surface area contributed by atoms with Gasteiger partial charge >= 0.3 is 0 Å². The second kappa shape index (κ2) is 9.06. The second-order valence-corrected chi connectivity index (χ2v) is 8.56. The highest BCUT2D eigenvalue weighted by Gasteiger charge is 2.32. The molecule has 1 aliphatic rings. The fourth-order valence-corrected chi connectivity index (χ4v) is 4.30. The summed E-state index contributed by atoms with van der Waals surface area (Å²) in [6.07, 6.45) is 4.48. The van der Waals surface area contributed by atoms with E-state index in [9.17, 15) is 9.18 Å². The molecule has 1 saturated heterocycles. The maximum Gasteiger partial charge on any atom is 0.244 e. The number of likely N-dealkylation sites (tertiary alicyclic amines) is 1. The van der Waals surface area contributed by atoms with Gasteiger partial charge in [0.2, 0.25) is 11.9 Å². The molecule has 1 unspecified atom stereocenters. The molecule has 8 heteroatoms. The number of amides is 1. The predicted molar refractivity (Wildman–Crippen MR) is 122 cm³/mol. The van der Waals surface area contributed by atoms with Gasteiger partial charge in [0.15, 0.2) is 0 Å². The number of carbonyl (C=O) groups is 1. The van der Waals surface area contributed by atoms with Crippen LogP contribution in [0, 0.1) is 19.7 Å². The minimum absolute atomic E-state index is 0.0103. The van der Waals surface area contributed by atoms with Crippen molar-refractivity contribution in [1.29, 1.82) is 0 Å². The van der Waals surface area contributed by atoms with Gasteiger partial charge in [-0.1, -0.05) is 12.1 Å². The van der Waals surface area contributed by atoms with Gasteiger partial charge in [-0.15, -0.1) is 0 Å². The smallest absolute Gasteiger partial charge is 0.244 e. The first-order valence-electron chi connectivity index (χ1n) is 10.9. The van der Waals surface area contributed by atoms with E-state index in [0.717, 1.165) is 41.9 Å². The Balaban J connectivity index is 1.74. The van der Waals surface area contributed by atoms with E-state index in [1.54, 1.807) is 16.9 Å². The zero-order valence-electron chi connectivity index (χ0n) is 19.0. The SMILES string of the molecule is Cc1cc(C)n(CC(=O)N2CCCCC2c2nc(N(C)C)ncc2-c2cccc(F)c2)n1. The molecule has 3 heterocycles. The summed E-state index contributed by atoms with van der Waals surface area (Å²) in [7, 11) is 3.77. The van der Waals surface area contributed by atoms with Gasteiger partial charge in [0.05, 0.1) is 17.4 Å². The Kier molecular flexibility index (Phi) is 6.21. The highest BCUT2D eigenvalue weighted by atomic mass is 19.1. The maximum atomic E-state index is 14.0. The number of hydrogen-bond donors (Lipinski definition) is 0. The van der Waals surface area contributed by atoms with E-state index < -0.39 is 0 Å². The van der Waals surface area contributed by atoms with Crippen LogP contribution in [0.3, 0.4) is 0 Å². The molecule has 1 aromatic carbocycles. The van der Waals surface area contributed by atoms with Crippen LogP contribution >= 0.6 is 0 Å². The van der Waals surface area contributed by atoms with Gasteiger partial charge in [0.25, 0.3) is 0 Å². The van der Waals surface area contributed by atoms with Crippen molar-refractivity contribution in [2.24, 2.45) is 0 Å². The summed E-state index contributed by atoms with van der Waals surface area (Å²) in [6.45, 7) is 4.73. The molecule has 0 N–H and O–H groups in total. The Hall–Kier alpha value is -3.29. The number of aryl methyl sites for hydroxylation is 2. The lowest BCUT2D eigenvalue weighted by molar-refractivity contribution is -0.136. The summed E-state index contributed by atoms with van der Waals surface area (Å²) in [4.78, 5) is 26.4. The summed E-state index contributed by atoms with van der Waals surface area (Å²) in [5, 5.41) is 4.45. The molecule has 0 aliphatic carbocycles. The number of nitrogens with zero attached hydrogens (tertiary/aromatic N) is 6. The Morgan fingerprint density at radius 3 is 2.72 bits per heavy atom. The molecule has 2 aromatic heterocycles. The van der Waals surface area contributed by atoms with E-state index in [1.165, 1.54) is 12.1 Å². The standard InChI is InChI=1S/C24H29FN6O/c1-16-12-17(2)31(28-16)15-22(32)30-11-6-5-10-21(30)23-20(14-26-24(27-23)29(3)4)18-8-7-9-19(25)13-18/h7-9,12-14,21H,5-6,10-11,15H2,1-4H3. The molecule has 0 bridgehead atoms. The van der Waals surface area contributed by atoms with Crippen molar-refractivity contribution in [2.75, 3.05) is 25.5 Å². The van der Waals surface area contributed by atoms with Crippen molar-refractivity contribution in [3.63, 3.8) is 0 Å². The summed E-state index contributed by atoms with van der Waals surface area (Å²) in [6, 6.07) is 8.21. The maximum absolute atomic E-state index is 14.0. The van der Waals surface area contributed by atoms with Crippen molar-refractivity contribution in [1.82, 2.24) is 24.6 Å². The van der Waals surface area contributed by atoms with Crippen LogP contribution in [0.4, 0.5) is 10.3 Å². The van der Waals surface area contributed by atoms with Crippen LogP contribution in [0.5, 0.6) is 0 Å². The predicted octanol–water partition coefficient (Wildman–Crippen LogP) is 3.92. The van der Waals surface area contributed by atoms with Crippen LogP contribution in [-0.4, -0.2) is 51.2 Å². The molecule has 1 amide bonds. The average Bonchev–Trinajstić information content (AvgIpc) is 3.09. The third-order valence-electron chi connectivity index (χ3n) is 5.87. The molecule has 1 atom stereocenters. The van der Waals surface area contributed by atoms with Gasteiger partial charge in [0, 0.05) is 38.1 Å². The Morgan fingerprint density at radius 2 is 2.03 bits per heavy atom. The molecule has 0 spiro atoms. The molecule has 7 nitrogen and oxygen atoms in total. The van der Waals surface area contributed by atoms with Crippen molar-refractivity contribution in [3.8, 4) is 11.1 Å². The molecule has 1 aliphatic heterocycles. The lowest BCUT2D eigenvalue weighted by atomic mass is 9.93. The Labute approximate surface area is 187 Å². The summed E-state index contributed by atoms with van der Waals surface area (Å²) in [5.74, 6) is 0.263. The topological polar surface area (TPSA) is 67.2 Å². The number of piperidine rings is 1. The highest BCUT2D eigenvalue weighted by molar-refractivity contribution is 5.77.